The average Bonchev–Trinajstić information content (AvgIpc) is 2.92. The highest BCUT2D eigenvalue weighted by molar-refractivity contribution is 9.10. The third-order valence-electron chi connectivity index (χ3n) is 3.41. The monoisotopic (exact) mass is 330 g/mol. The number of thioether (sulfide) groups is 1. The van der Waals surface area contributed by atoms with Crippen LogP contribution in [0.2, 0.25) is 0 Å². The molecule has 18 heavy (non-hydrogen) atoms. The van der Waals surface area contributed by atoms with Crippen molar-refractivity contribution in [3.05, 3.63) is 15.9 Å². The van der Waals surface area contributed by atoms with Gasteiger partial charge in [0.05, 0.1) is 28.0 Å². The molecule has 1 saturated carbocycles. The van der Waals surface area contributed by atoms with E-state index in [4.69, 9.17) is 0 Å². The van der Waals surface area contributed by atoms with Crippen LogP contribution in [0, 0.1) is 6.92 Å². The minimum absolute atomic E-state index is 0.301. The Hall–Kier alpha value is -0.290. The largest absolute Gasteiger partial charge is 0.298 e. The van der Waals surface area contributed by atoms with Gasteiger partial charge >= 0.3 is 0 Å². The Labute approximate surface area is 121 Å². The summed E-state index contributed by atoms with van der Waals surface area (Å²) in [4.78, 5) is 12.0. The van der Waals surface area contributed by atoms with Gasteiger partial charge in [-0.25, -0.2) is 0 Å². The maximum Gasteiger partial charge on any atom is 0.148 e. The Morgan fingerprint density at radius 2 is 2.17 bits per heavy atom. The molecule has 0 aliphatic heterocycles. The summed E-state index contributed by atoms with van der Waals surface area (Å²) in [6.45, 7) is 1.95. The minimum Gasteiger partial charge on any atom is -0.298 e. The fourth-order valence-electron chi connectivity index (χ4n) is 2.38. The lowest BCUT2D eigenvalue weighted by Crippen LogP contribution is -2.12. The molecular weight excluding hydrogens is 312 g/mol. The Balaban J connectivity index is 1.86. The number of nitrogens with zero attached hydrogens (tertiary/aromatic N) is 2. The summed E-state index contributed by atoms with van der Waals surface area (Å²) in [7, 11) is 1.89. The molecule has 0 N–H and O–H groups in total. The molecule has 1 aromatic rings. The van der Waals surface area contributed by atoms with Gasteiger partial charge in [0, 0.05) is 12.3 Å². The van der Waals surface area contributed by atoms with Crippen LogP contribution in [0.4, 0.5) is 0 Å². The van der Waals surface area contributed by atoms with Crippen LogP contribution in [-0.4, -0.2) is 26.6 Å². The number of carbonyl (C=O) groups excluding carboxylic acids is 1. The van der Waals surface area contributed by atoms with Crippen LogP contribution in [-0.2, 0) is 18.3 Å². The lowest BCUT2D eigenvalue weighted by molar-refractivity contribution is -0.116. The summed E-state index contributed by atoms with van der Waals surface area (Å²) in [5.41, 5.74) is 1.94. The van der Waals surface area contributed by atoms with E-state index in [0.717, 1.165) is 15.9 Å². The highest BCUT2D eigenvalue weighted by Gasteiger charge is 2.18. The first-order chi connectivity index (χ1) is 8.58. The molecule has 1 aliphatic rings. The summed E-state index contributed by atoms with van der Waals surface area (Å²) in [6.07, 6.45) is 5.72. The number of aryl methyl sites for hydroxylation is 2. The molecule has 1 fully saturated rings. The van der Waals surface area contributed by atoms with Crippen molar-refractivity contribution < 1.29 is 4.79 Å². The normalized spacial score (nSPS) is 16.4. The fraction of sp³-hybridized carbons (Fsp3) is 0.692. The highest BCUT2D eigenvalue weighted by Crippen LogP contribution is 2.29. The summed E-state index contributed by atoms with van der Waals surface area (Å²) >= 11 is 5.34. The molecule has 0 spiro atoms. The number of aromatic nitrogens is 2. The smallest absolute Gasteiger partial charge is 0.148 e. The maximum atomic E-state index is 12.0. The van der Waals surface area contributed by atoms with E-state index < -0.39 is 0 Å². The van der Waals surface area contributed by atoms with E-state index in [9.17, 15) is 4.79 Å². The number of rotatable bonds is 5. The number of hydrogen-bond donors (Lipinski definition) is 0. The fourth-order valence-corrected chi connectivity index (χ4v) is 4.04. The number of ketones is 1. The van der Waals surface area contributed by atoms with Crippen LogP contribution < -0.4 is 0 Å². The third-order valence-corrected chi connectivity index (χ3v) is 5.87. The molecule has 0 unspecified atom stereocenters. The van der Waals surface area contributed by atoms with Gasteiger partial charge in [-0.1, -0.05) is 12.8 Å². The first kappa shape index (κ1) is 14.1. The predicted octanol–water partition coefficient (Wildman–Crippen LogP) is 3.28. The Kier molecular flexibility index (Phi) is 4.90. The van der Waals surface area contributed by atoms with Gasteiger partial charge in [-0.2, -0.15) is 16.9 Å². The molecule has 5 heteroatoms. The zero-order valence-electron chi connectivity index (χ0n) is 10.9. The van der Waals surface area contributed by atoms with Crippen LogP contribution in [0.3, 0.4) is 0 Å². The van der Waals surface area contributed by atoms with E-state index in [1.165, 1.54) is 25.7 Å². The lowest BCUT2D eigenvalue weighted by Gasteiger charge is -2.08. The second-order valence-electron chi connectivity index (χ2n) is 4.90. The molecule has 0 bridgehead atoms. The standard InChI is InChI=1S/C13H19BrN2OS/c1-9-13(14)12(16(2)15-9)7-10(17)8-18-11-5-3-4-6-11/h11H,3-8H2,1-2H3. The Morgan fingerprint density at radius 1 is 1.50 bits per heavy atom. The molecule has 0 saturated heterocycles. The molecule has 1 aliphatic carbocycles. The van der Waals surface area contributed by atoms with Gasteiger partial charge in [0.2, 0.25) is 0 Å². The van der Waals surface area contributed by atoms with Crippen molar-refractivity contribution >= 4 is 33.5 Å². The highest BCUT2D eigenvalue weighted by atomic mass is 79.9. The number of carbonyl (C=O) groups is 1. The van der Waals surface area contributed by atoms with E-state index in [0.29, 0.717) is 23.2 Å². The zero-order chi connectivity index (χ0) is 13.1. The maximum absolute atomic E-state index is 12.0. The van der Waals surface area contributed by atoms with E-state index >= 15 is 0 Å². The molecule has 0 amide bonds. The zero-order valence-corrected chi connectivity index (χ0v) is 13.3. The number of Topliss-reactive ketones (excluding diaryl/α,β-unsaturated/α-hetero) is 1. The summed E-state index contributed by atoms with van der Waals surface area (Å²) < 4.78 is 2.78. The van der Waals surface area contributed by atoms with E-state index in [-0.39, 0.29) is 0 Å². The molecular formula is C13H19BrN2OS. The number of halogens is 1. The van der Waals surface area contributed by atoms with Gasteiger partial charge in [-0.05, 0) is 35.7 Å². The first-order valence-corrected chi connectivity index (χ1v) is 8.23. The molecule has 3 nitrogen and oxygen atoms in total. The van der Waals surface area contributed by atoms with Crippen molar-refractivity contribution in [2.45, 2.75) is 44.3 Å². The first-order valence-electron chi connectivity index (χ1n) is 6.39. The lowest BCUT2D eigenvalue weighted by atomic mass is 10.2. The van der Waals surface area contributed by atoms with Crippen LogP contribution in [0.15, 0.2) is 4.47 Å². The average molecular weight is 331 g/mol. The van der Waals surface area contributed by atoms with Gasteiger partial charge in [-0.15, -0.1) is 0 Å². The SMILES string of the molecule is Cc1nn(C)c(CC(=O)CSC2CCCC2)c1Br. The molecule has 1 heterocycles. The molecule has 0 aromatic carbocycles. The Morgan fingerprint density at radius 3 is 2.72 bits per heavy atom. The van der Waals surface area contributed by atoms with Crippen LogP contribution in [0.5, 0.6) is 0 Å². The third kappa shape index (κ3) is 3.38. The van der Waals surface area contributed by atoms with Crippen molar-refractivity contribution in [1.82, 2.24) is 9.78 Å². The molecule has 1 aromatic heterocycles. The van der Waals surface area contributed by atoms with E-state index in [1.807, 2.05) is 25.7 Å². The minimum atomic E-state index is 0.301. The van der Waals surface area contributed by atoms with Crippen molar-refractivity contribution in [2.75, 3.05) is 5.75 Å². The van der Waals surface area contributed by atoms with Crippen molar-refractivity contribution in [3.8, 4) is 0 Å². The van der Waals surface area contributed by atoms with Gasteiger partial charge in [-0.3, -0.25) is 9.48 Å². The van der Waals surface area contributed by atoms with Gasteiger partial charge in [0.1, 0.15) is 5.78 Å². The van der Waals surface area contributed by atoms with Crippen molar-refractivity contribution in [2.24, 2.45) is 7.05 Å². The molecule has 0 atom stereocenters. The summed E-state index contributed by atoms with van der Waals surface area (Å²) in [5, 5.41) is 5.03. The van der Waals surface area contributed by atoms with Gasteiger partial charge < -0.3 is 0 Å². The Bertz CT molecular complexity index is 438. The topological polar surface area (TPSA) is 34.9 Å². The van der Waals surface area contributed by atoms with Crippen LogP contribution >= 0.6 is 27.7 Å². The summed E-state index contributed by atoms with van der Waals surface area (Å²) in [5.74, 6) is 0.942. The van der Waals surface area contributed by atoms with Crippen LogP contribution in [0.25, 0.3) is 0 Å². The van der Waals surface area contributed by atoms with Crippen molar-refractivity contribution in [1.29, 1.82) is 0 Å². The molecule has 0 radical (unpaired) electrons. The van der Waals surface area contributed by atoms with Gasteiger partial charge in [0.25, 0.3) is 0 Å². The van der Waals surface area contributed by atoms with Gasteiger partial charge in [0.15, 0.2) is 0 Å². The molecule has 2 rings (SSSR count). The van der Waals surface area contributed by atoms with E-state index in [1.54, 1.807) is 4.68 Å². The second-order valence-corrected chi connectivity index (χ2v) is 6.98. The summed E-state index contributed by atoms with van der Waals surface area (Å²) in [6, 6.07) is 0. The number of hydrogen-bond acceptors (Lipinski definition) is 3. The quantitative estimate of drug-likeness (QED) is 0.830. The van der Waals surface area contributed by atoms with Crippen LogP contribution in [0.1, 0.15) is 37.1 Å². The second kappa shape index (κ2) is 6.24. The van der Waals surface area contributed by atoms with Crippen molar-refractivity contribution in [3.63, 3.8) is 0 Å². The molecule has 100 valence electrons. The predicted molar refractivity (Wildman–Crippen MR) is 79.1 cm³/mol. The van der Waals surface area contributed by atoms with E-state index in [2.05, 4.69) is 21.0 Å².